The number of halogens is 1. The van der Waals surface area contributed by atoms with Gasteiger partial charge in [-0.1, -0.05) is 24.3 Å². The van der Waals surface area contributed by atoms with Gasteiger partial charge in [0.15, 0.2) is 0 Å². The number of ether oxygens (including phenoxy) is 1. The normalized spacial score (nSPS) is 19.6. The van der Waals surface area contributed by atoms with Crippen molar-refractivity contribution in [2.75, 3.05) is 13.2 Å². The molecular weight excluding hydrogens is 205 g/mol. The summed E-state index contributed by atoms with van der Waals surface area (Å²) < 4.78 is 19.5. The van der Waals surface area contributed by atoms with Crippen molar-refractivity contribution < 1.29 is 9.13 Å². The lowest BCUT2D eigenvalue weighted by Gasteiger charge is -2.29. The highest BCUT2D eigenvalue weighted by Crippen LogP contribution is 2.29. The van der Waals surface area contributed by atoms with Gasteiger partial charge in [-0.15, -0.1) is 0 Å². The minimum Gasteiger partial charge on any atom is -0.381 e. The number of hydrogen-bond donors (Lipinski definition) is 1. The van der Waals surface area contributed by atoms with Crippen molar-refractivity contribution in [3.05, 3.63) is 35.4 Å². The minimum atomic E-state index is -1.08. The van der Waals surface area contributed by atoms with Gasteiger partial charge in [0.2, 0.25) is 0 Å². The minimum absolute atomic E-state index is 0.487. The van der Waals surface area contributed by atoms with Crippen molar-refractivity contribution in [3.63, 3.8) is 0 Å². The number of rotatable bonds is 3. The van der Waals surface area contributed by atoms with Crippen molar-refractivity contribution in [1.82, 2.24) is 0 Å². The Morgan fingerprint density at radius 2 is 1.69 bits per heavy atom. The summed E-state index contributed by atoms with van der Waals surface area (Å²) in [6.07, 6.45) is 1.50. The van der Waals surface area contributed by atoms with Gasteiger partial charge in [-0.25, -0.2) is 4.39 Å². The highest BCUT2D eigenvalue weighted by Gasteiger charge is 2.32. The lowest BCUT2D eigenvalue weighted by molar-refractivity contribution is -0.00816. The van der Waals surface area contributed by atoms with Gasteiger partial charge >= 0.3 is 0 Å². The van der Waals surface area contributed by atoms with Crippen LogP contribution in [-0.2, 0) is 17.7 Å². The molecule has 0 saturated carbocycles. The average Bonchev–Trinajstić information content (AvgIpc) is 2.30. The molecule has 1 heterocycles. The Morgan fingerprint density at radius 1 is 1.12 bits per heavy atom. The van der Waals surface area contributed by atoms with E-state index in [2.05, 4.69) is 0 Å². The topological polar surface area (TPSA) is 35.2 Å². The third-order valence-corrected chi connectivity index (χ3v) is 3.17. The lowest BCUT2D eigenvalue weighted by atomic mass is 9.89. The maximum atomic E-state index is 14.3. The molecule has 16 heavy (non-hydrogen) atoms. The van der Waals surface area contributed by atoms with Gasteiger partial charge in [0.25, 0.3) is 0 Å². The van der Waals surface area contributed by atoms with Gasteiger partial charge in [-0.05, 0) is 11.1 Å². The SMILES string of the molecule is NCc1ccc(CC2(F)CCOCC2)cc1. The van der Waals surface area contributed by atoms with E-state index in [1.54, 1.807) is 0 Å². The van der Waals surface area contributed by atoms with Crippen molar-refractivity contribution >= 4 is 0 Å². The summed E-state index contributed by atoms with van der Waals surface area (Å²) in [5.74, 6) is 0. The number of hydrogen-bond acceptors (Lipinski definition) is 2. The van der Waals surface area contributed by atoms with Crippen LogP contribution in [-0.4, -0.2) is 18.9 Å². The van der Waals surface area contributed by atoms with Crippen molar-refractivity contribution in [2.24, 2.45) is 5.73 Å². The van der Waals surface area contributed by atoms with E-state index in [4.69, 9.17) is 10.5 Å². The third-order valence-electron chi connectivity index (χ3n) is 3.17. The van der Waals surface area contributed by atoms with Gasteiger partial charge in [-0.2, -0.15) is 0 Å². The molecular formula is C13H18FNO. The first-order chi connectivity index (χ1) is 7.72. The molecule has 88 valence electrons. The number of alkyl halides is 1. The molecule has 2 rings (SSSR count). The second kappa shape index (κ2) is 4.93. The van der Waals surface area contributed by atoms with Crippen LogP contribution in [0.5, 0.6) is 0 Å². The van der Waals surface area contributed by atoms with E-state index in [-0.39, 0.29) is 0 Å². The second-order valence-electron chi connectivity index (χ2n) is 4.46. The highest BCUT2D eigenvalue weighted by molar-refractivity contribution is 5.23. The van der Waals surface area contributed by atoms with E-state index < -0.39 is 5.67 Å². The van der Waals surface area contributed by atoms with Crippen molar-refractivity contribution in [2.45, 2.75) is 31.5 Å². The van der Waals surface area contributed by atoms with Crippen LogP contribution in [0.15, 0.2) is 24.3 Å². The monoisotopic (exact) mass is 223 g/mol. The molecule has 1 aromatic rings. The summed E-state index contributed by atoms with van der Waals surface area (Å²) >= 11 is 0. The fraction of sp³-hybridized carbons (Fsp3) is 0.538. The van der Waals surface area contributed by atoms with Gasteiger partial charge in [0.1, 0.15) is 5.67 Å². The van der Waals surface area contributed by atoms with Crippen LogP contribution in [0.25, 0.3) is 0 Å². The van der Waals surface area contributed by atoms with E-state index >= 15 is 0 Å². The molecule has 0 spiro atoms. The fourth-order valence-electron chi connectivity index (χ4n) is 2.07. The van der Waals surface area contributed by atoms with Crippen molar-refractivity contribution in [1.29, 1.82) is 0 Å². The Bertz CT molecular complexity index is 330. The Morgan fingerprint density at radius 3 is 2.25 bits per heavy atom. The highest BCUT2D eigenvalue weighted by atomic mass is 19.1. The molecule has 0 atom stereocenters. The number of benzene rings is 1. The van der Waals surface area contributed by atoms with Crippen LogP contribution in [0.4, 0.5) is 4.39 Å². The smallest absolute Gasteiger partial charge is 0.119 e. The van der Waals surface area contributed by atoms with Crippen LogP contribution < -0.4 is 5.73 Å². The Labute approximate surface area is 95.6 Å². The van der Waals surface area contributed by atoms with E-state index in [9.17, 15) is 4.39 Å². The maximum Gasteiger partial charge on any atom is 0.119 e. The molecule has 1 fully saturated rings. The maximum absolute atomic E-state index is 14.3. The van der Waals surface area contributed by atoms with E-state index in [0.717, 1.165) is 11.1 Å². The standard InChI is InChI=1S/C13H18FNO/c14-13(5-7-16-8-6-13)9-11-1-3-12(10-15)4-2-11/h1-4H,5-10,15H2. The Kier molecular flexibility index (Phi) is 3.56. The molecule has 2 nitrogen and oxygen atoms in total. The molecule has 0 aliphatic carbocycles. The molecule has 3 heteroatoms. The zero-order valence-corrected chi connectivity index (χ0v) is 9.42. The third kappa shape index (κ3) is 2.80. The van der Waals surface area contributed by atoms with Crippen LogP contribution >= 0.6 is 0 Å². The van der Waals surface area contributed by atoms with Gasteiger partial charge in [0.05, 0.1) is 0 Å². The van der Waals surface area contributed by atoms with Crippen molar-refractivity contribution in [3.8, 4) is 0 Å². The molecule has 1 aromatic carbocycles. The van der Waals surface area contributed by atoms with E-state index in [1.807, 2.05) is 24.3 Å². The molecule has 1 aliphatic heterocycles. The van der Waals surface area contributed by atoms with Crippen LogP contribution in [0, 0.1) is 0 Å². The fourth-order valence-corrected chi connectivity index (χ4v) is 2.07. The summed E-state index contributed by atoms with van der Waals surface area (Å²) in [4.78, 5) is 0. The first-order valence-electron chi connectivity index (χ1n) is 5.76. The van der Waals surface area contributed by atoms with Crippen LogP contribution in [0.2, 0.25) is 0 Å². The number of nitrogens with two attached hydrogens (primary N) is 1. The largest absolute Gasteiger partial charge is 0.381 e. The predicted octanol–water partition coefficient (Wildman–Crippen LogP) is 2.21. The summed E-state index contributed by atoms with van der Waals surface area (Å²) in [5.41, 5.74) is 6.57. The first-order valence-corrected chi connectivity index (χ1v) is 5.76. The Balaban J connectivity index is 2.01. The predicted molar refractivity (Wildman–Crippen MR) is 61.9 cm³/mol. The second-order valence-corrected chi connectivity index (χ2v) is 4.46. The van der Waals surface area contributed by atoms with E-state index in [1.165, 1.54) is 0 Å². The average molecular weight is 223 g/mol. The molecule has 0 aromatic heterocycles. The van der Waals surface area contributed by atoms with Crippen LogP contribution in [0.3, 0.4) is 0 Å². The molecule has 1 saturated heterocycles. The summed E-state index contributed by atoms with van der Waals surface area (Å²) in [7, 11) is 0. The summed E-state index contributed by atoms with van der Waals surface area (Å²) in [6, 6.07) is 7.88. The zero-order chi connectivity index (χ0) is 11.4. The van der Waals surface area contributed by atoms with E-state index in [0.29, 0.717) is 39.0 Å². The van der Waals surface area contributed by atoms with Gasteiger partial charge < -0.3 is 10.5 Å². The van der Waals surface area contributed by atoms with Crippen LogP contribution in [0.1, 0.15) is 24.0 Å². The molecule has 0 radical (unpaired) electrons. The summed E-state index contributed by atoms with van der Waals surface area (Å²) in [6.45, 7) is 1.61. The lowest BCUT2D eigenvalue weighted by Crippen LogP contribution is -2.33. The molecule has 0 amide bonds. The zero-order valence-electron chi connectivity index (χ0n) is 9.42. The molecule has 2 N–H and O–H groups in total. The summed E-state index contributed by atoms with van der Waals surface area (Å²) in [5, 5.41) is 0. The Hall–Kier alpha value is -0.930. The molecule has 0 bridgehead atoms. The molecule has 1 aliphatic rings. The van der Waals surface area contributed by atoms with Gasteiger partial charge in [0, 0.05) is 39.0 Å². The molecule has 0 unspecified atom stereocenters. The van der Waals surface area contributed by atoms with Gasteiger partial charge in [-0.3, -0.25) is 0 Å². The first kappa shape index (κ1) is 11.6. The quantitative estimate of drug-likeness (QED) is 0.852.